The summed E-state index contributed by atoms with van der Waals surface area (Å²) in [4.78, 5) is 21.0. The number of hydrogen-bond donors (Lipinski definition) is 2. The summed E-state index contributed by atoms with van der Waals surface area (Å²) in [5, 5.41) is 13.4. The molecule has 0 aromatic heterocycles. The van der Waals surface area contributed by atoms with Crippen LogP contribution in [0.25, 0.3) is 0 Å². The van der Waals surface area contributed by atoms with Crippen molar-refractivity contribution in [2.24, 2.45) is 5.73 Å². The highest BCUT2D eigenvalue weighted by Gasteiger charge is 2.23. The van der Waals surface area contributed by atoms with Crippen LogP contribution in [0.15, 0.2) is 24.3 Å². The number of nitrogens with zero attached hydrogens (tertiary/aromatic N) is 1. The van der Waals surface area contributed by atoms with Gasteiger partial charge in [0, 0.05) is 18.7 Å². The third-order valence-corrected chi connectivity index (χ3v) is 2.50. The van der Waals surface area contributed by atoms with Crippen molar-refractivity contribution in [3.05, 3.63) is 39.9 Å². The molecule has 1 rings (SSSR count). The van der Waals surface area contributed by atoms with Gasteiger partial charge in [0.05, 0.1) is 10.5 Å². The van der Waals surface area contributed by atoms with Crippen molar-refractivity contribution in [3.8, 4) is 0 Å². The van der Waals surface area contributed by atoms with Gasteiger partial charge in [0.2, 0.25) is 5.91 Å². The fraction of sp³-hybridized carbons (Fsp3) is 0.364. The standard InChI is InChI=1S/C11H15N3O3/c1-11(2,10(12)15)13-7-8-3-5-9(6-4-8)14(16)17/h3-6,13H,7H2,1-2H3,(H2,12,15). The van der Waals surface area contributed by atoms with Gasteiger partial charge in [-0.2, -0.15) is 0 Å². The number of non-ortho nitro benzene ring substituents is 1. The Labute approximate surface area is 99.0 Å². The highest BCUT2D eigenvalue weighted by molar-refractivity contribution is 5.83. The lowest BCUT2D eigenvalue weighted by atomic mass is 10.0. The van der Waals surface area contributed by atoms with Crippen LogP contribution in [-0.2, 0) is 11.3 Å². The number of nitrogens with two attached hydrogens (primary N) is 1. The number of carbonyl (C=O) groups is 1. The molecule has 6 nitrogen and oxygen atoms in total. The first-order valence-corrected chi connectivity index (χ1v) is 5.11. The number of amides is 1. The maximum absolute atomic E-state index is 11.1. The van der Waals surface area contributed by atoms with E-state index >= 15 is 0 Å². The zero-order chi connectivity index (χ0) is 13.1. The van der Waals surface area contributed by atoms with Crippen LogP contribution in [0.1, 0.15) is 19.4 Å². The molecule has 92 valence electrons. The van der Waals surface area contributed by atoms with Crippen molar-refractivity contribution < 1.29 is 9.72 Å². The van der Waals surface area contributed by atoms with E-state index in [9.17, 15) is 14.9 Å². The first-order chi connectivity index (χ1) is 7.83. The summed E-state index contributed by atoms with van der Waals surface area (Å²) < 4.78 is 0. The Morgan fingerprint density at radius 2 is 1.94 bits per heavy atom. The summed E-state index contributed by atoms with van der Waals surface area (Å²) in [6.45, 7) is 3.79. The Morgan fingerprint density at radius 1 is 1.41 bits per heavy atom. The summed E-state index contributed by atoms with van der Waals surface area (Å²) in [6, 6.07) is 6.13. The van der Waals surface area contributed by atoms with E-state index in [1.54, 1.807) is 26.0 Å². The molecule has 0 bridgehead atoms. The maximum atomic E-state index is 11.1. The average Bonchev–Trinajstić information content (AvgIpc) is 2.27. The summed E-state index contributed by atoms with van der Waals surface area (Å²) in [6.07, 6.45) is 0. The second kappa shape index (κ2) is 4.92. The van der Waals surface area contributed by atoms with E-state index in [4.69, 9.17) is 5.73 Å². The molecule has 0 unspecified atom stereocenters. The minimum Gasteiger partial charge on any atom is -0.368 e. The number of benzene rings is 1. The highest BCUT2D eigenvalue weighted by Crippen LogP contribution is 2.12. The number of carbonyl (C=O) groups excluding carboxylic acids is 1. The molecule has 0 aliphatic heterocycles. The van der Waals surface area contributed by atoms with Gasteiger partial charge in [-0.25, -0.2) is 0 Å². The van der Waals surface area contributed by atoms with E-state index < -0.39 is 16.4 Å². The van der Waals surface area contributed by atoms with E-state index in [-0.39, 0.29) is 5.69 Å². The molecule has 0 aliphatic rings. The summed E-state index contributed by atoms with van der Waals surface area (Å²) in [5.41, 5.74) is 5.30. The van der Waals surface area contributed by atoms with E-state index in [0.29, 0.717) is 6.54 Å². The van der Waals surface area contributed by atoms with E-state index in [1.165, 1.54) is 12.1 Å². The third-order valence-electron chi connectivity index (χ3n) is 2.50. The Hall–Kier alpha value is -1.95. The normalized spacial score (nSPS) is 11.2. The molecule has 1 aromatic rings. The van der Waals surface area contributed by atoms with Crippen LogP contribution in [0.2, 0.25) is 0 Å². The van der Waals surface area contributed by atoms with Gasteiger partial charge >= 0.3 is 0 Å². The van der Waals surface area contributed by atoms with Gasteiger partial charge in [-0.15, -0.1) is 0 Å². The molecular formula is C11H15N3O3. The maximum Gasteiger partial charge on any atom is 0.269 e. The van der Waals surface area contributed by atoms with Crippen LogP contribution in [0.4, 0.5) is 5.69 Å². The molecule has 0 fully saturated rings. The largest absolute Gasteiger partial charge is 0.368 e. The number of hydrogen-bond acceptors (Lipinski definition) is 4. The Bertz CT molecular complexity index is 426. The predicted molar refractivity (Wildman–Crippen MR) is 63.2 cm³/mol. The first-order valence-electron chi connectivity index (χ1n) is 5.11. The molecule has 17 heavy (non-hydrogen) atoms. The Kier molecular flexibility index (Phi) is 3.80. The molecule has 3 N–H and O–H groups in total. The van der Waals surface area contributed by atoms with Crippen LogP contribution >= 0.6 is 0 Å². The summed E-state index contributed by atoms with van der Waals surface area (Å²) >= 11 is 0. The van der Waals surface area contributed by atoms with E-state index in [0.717, 1.165) is 5.56 Å². The van der Waals surface area contributed by atoms with Crippen LogP contribution < -0.4 is 11.1 Å². The van der Waals surface area contributed by atoms with Crippen molar-refractivity contribution in [2.45, 2.75) is 25.9 Å². The molecular weight excluding hydrogens is 222 g/mol. The number of nitro groups is 1. The molecule has 0 spiro atoms. The minimum absolute atomic E-state index is 0.0444. The first kappa shape index (κ1) is 13.1. The smallest absolute Gasteiger partial charge is 0.269 e. The third kappa shape index (κ3) is 3.53. The molecule has 1 aromatic carbocycles. The van der Waals surface area contributed by atoms with E-state index in [2.05, 4.69) is 5.32 Å². The second-order valence-electron chi connectivity index (χ2n) is 4.27. The molecule has 0 radical (unpaired) electrons. The van der Waals surface area contributed by atoms with Gasteiger partial charge < -0.3 is 5.73 Å². The van der Waals surface area contributed by atoms with Gasteiger partial charge in [0.25, 0.3) is 5.69 Å². The lowest BCUT2D eigenvalue weighted by Crippen LogP contribution is -2.50. The van der Waals surface area contributed by atoms with Crippen molar-refractivity contribution in [2.75, 3.05) is 0 Å². The van der Waals surface area contributed by atoms with Gasteiger partial charge in [0.1, 0.15) is 0 Å². The van der Waals surface area contributed by atoms with Crippen LogP contribution in [0.3, 0.4) is 0 Å². The molecule has 6 heteroatoms. The van der Waals surface area contributed by atoms with Crippen molar-refractivity contribution in [1.29, 1.82) is 0 Å². The van der Waals surface area contributed by atoms with Crippen molar-refractivity contribution in [3.63, 3.8) is 0 Å². The number of nitro benzene ring substituents is 1. The number of nitrogens with one attached hydrogen (secondary N) is 1. The second-order valence-corrected chi connectivity index (χ2v) is 4.27. The zero-order valence-corrected chi connectivity index (χ0v) is 9.77. The molecule has 0 saturated carbocycles. The van der Waals surface area contributed by atoms with Gasteiger partial charge in [0.15, 0.2) is 0 Å². The van der Waals surface area contributed by atoms with Crippen molar-refractivity contribution in [1.82, 2.24) is 5.32 Å². The molecule has 0 saturated heterocycles. The van der Waals surface area contributed by atoms with Gasteiger partial charge in [-0.05, 0) is 19.4 Å². The minimum atomic E-state index is -0.804. The fourth-order valence-corrected chi connectivity index (χ4v) is 1.15. The van der Waals surface area contributed by atoms with Gasteiger partial charge in [-0.3, -0.25) is 20.2 Å². The van der Waals surface area contributed by atoms with E-state index in [1.807, 2.05) is 0 Å². The monoisotopic (exact) mass is 237 g/mol. The average molecular weight is 237 g/mol. The topological polar surface area (TPSA) is 98.3 Å². The molecule has 0 atom stereocenters. The SMILES string of the molecule is CC(C)(NCc1ccc([N+](=O)[O-])cc1)C(N)=O. The summed E-state index contributed by atoms with van der Waals surface area (Å²) in [7, 11) is 0. The zero-order valence-electron chi connectivity index (χ0n) is 9.77. The number of primary amides is 1. The lowest BCUT2D eigenvalue weighted by Gasteiger charge is -2.22. The Morgan fingerprint density at radius 3 is 2.35 bits per heavy atom. The molecule has 1 amide bonds. The number of rotatable bonds is 5. The molecule has 0 heterocycles. The Balaban J connectivity index is 2.65. The van der Waals surface area contributed by atoms with Gasteiger partial charge in [-0.1, -0.05) is 12.1 Å². The van der Waals surface area contributed by atoms with Crippen LogP contribution in [-0.4, -0.2) is 16.4 Å². The quantitative estimate of drug-likeness (QED) is 0.588. The van der Waals surface area contributed by atoms with Crippen LogP contribution in [0, 0.1) is 10.1 Å². The fourth-order valence-electron chi connectivity index (χ4n) is 1.15. The molecule has 0 aliphatic carbocycles. The van der Waals surface area contributed by atoms with Crippen molar-refractivity contribution >= 4 is 11.6 Å². The lowest BCUT2D eigenvalue weighted by molar-refractivity contribution is -0.384. The van der Waals surface area contributed by atoms with Crippen LogP contribution in [0.5, 0.6) is 0 Å². The predicted octanol–water partition coefficient (Wildman–Crippen LogP) is 0.948. The highest BCUT2D eigenvalue weighted by atomic mass is 16.6. The summed E-state index contributed by atoms with van der Waals surface area (Å²) in [5.74, 6) is -0.445.